The number of sulfonamides is 1. The predicted octanol–water partition coefficient (Wildman–Crippen LogP) is 3.41. The van der Waals surface area contributed by atoms with Gasteiger partial charge in [0.15, 0.2) is 0 Å². The van der Waals surface area contributed by atoms with E-state index in [-0.39, 0.29) is 45.5 Å². The Labute approximate surface area is 277 Å². The Morgan fingerprint density at radius 3 is 2.36 bits per heavy atom. The molecule has 3 atom stereocenters. The van der Waals surface area contributed by atoms with Gasteiger partial charge in [-0.15, -0.1) is 0 Å². The summed E-state index contributed by atoms with van der Waals surface area (Å²) in [6.45, 7) is -1.48. The third-order valence-electron chi connectivity index (χ3n) is 7.84. The molecular weight excluding hydrogens is 681 g/mol. The summed E-state index contributed by atoms with van der Waals surface area (Å²) >= 11 is 12.1. The van der Waals surface area contributed by atoms with Crippen molar-refractivity contribution in [3.63, 3.8) is 0 Å². The van der Waals surface area contributed by atoms with Crippen LogP contribution in [0.3, 0.4) is 0 Å². The summed E-state index contributed by atoms with van der Waals surface area (Å²) in [5.74, 6) is -5.84. The number of nitrogens with zero attached hydrogens (tertiary/aromatic N) is 4. The van der Waals surface area contributed by atoms with Gasteiger partial charge >= 0.3 is 5.97 Å². The van der Waals surface area contributed by atoms with Crippen molar-refractivity contribution in [3.05, 3.63) is 87.7 Å². The molecule has 0 saturated carbocycles. The first-order valence-corrected chi connectivity index (χ1v) is 16.2. The number of alkyl halides is 2. The van der Waals surface area contributed by atoms with Gasteiger partial charge in [-0.1, -0.05) is 41.4 Å². The molecule has 2 aliphatic heterocycles. The van der Waals surface area contributed by atoms with Crippen LogP contribution in [0.1, 0.15) is 27.9 Å². The fourth-order valence-corrected chi connectivity index (χ4v) is 7.69. The predicted molar refractivity (Wildman–Crippen MR) is 166 cm³/mol. The lowest BCUT2D eigenvalue weighted by Crippen LogP contribution is -2.60. The Balaban J connectivity index is 1.31. The standard InChI is InChI=1S/C30H26Cl2F2N6O6S/c31-22-12-36-13-23(32)26(22)28(42)37-19-6-4-17(5-7-19)9-24(29(43)44)38-27(41)25-10-20(39-15-30(33,34)16-39)14-40(25)47(45,46)21-3-1-2-18(8-21)11-35/h1-8,12-13,20,24-25H,9-10,14-16H2,(H,37,42)(H,38,41)(H,43,44)/t20-,24+,25?/m1/s1. The SMILES string of the molecule is N#Cc1cccc(S(=O)(=O)N2C[C@H](N3CC(F)(F)C3)CC2C(=O)N[C@@H](Cc2ccc(NC(=O)c3c(Cl)cncc3Cl)cc2)C(=O)O)c1. The molecule has 17 heteroatoms. The van der Waals surface area contributed by atoms with Crippen LogP contribution in [-0.2, 0) is 26.0 Å². The second kappa shape index (κ2) is 13.5. The highest BCUT2D eigenvalue weighted by atomic mass is 35.5. The highest BCUT2D eigenvalue weighted by Gasteiger charge is 2.53. The van der Waals surface area contributed by atoms with Crippen molar-refractivity contribution in [2.24, 2.45) is 0 Å². The zero-order chi connectivity index (χ0) is 34.1. The number of nitrogens with one attached hydrogen (secondary N) is 2. The van der Waals surface area contributed by atoms with E-state index >= 15 is 0 Å². The number of pyridine rings is 1. The van der Waals surface area contributed by atoms with E-state index in [2.05, 4.69) is 15.6 Å². The summed E-state index contributed by atoms with van der Waals surface area (Å²) in [6, 6.07) is 9.47. The molecule has 2 aromatic carbocycles. The Morgan fingerprint density at radius 1 is 1.11 bits per heavy atom. The Bertz CT molecular complexity index is 1850. The maximum Gasteiger partial charge on any atom is 0.326 e. The highest BCUT2D eigenvalue weighted by Crippen LogP contribution is 2.36. The number of carbonyl (C=O) groups is 3. The number of carbonyl (C=O) groups excluding carboxylic acids is 2. The number of rotatable bonds is 10. The number of nitriles is 1. The minimum atomic E-state index is -4.39. The largest absolute Gasteiger partial charge is 0.480 e. The number of aliphatic carboxylic acids is 1. The van der Waals surface area contributed by atoms with E-state index in [0.717, 1.165) is 10.4 Å². The highest BCUT2D eigenvalue weighted by molar-refractivity contribution is 7.89. The number of anilines is 1. The Morgan fingerprint density at radius 2 is 1.77 bits per heavy atom. The van der Waals surface area contributed by atoms with E-state index in [1.807, 2.05) is 6.07 Å². The van der Waals surface area contributed by atoms with Gasteiger partial charge in [-0.05, 0) is 42.3 Å². The fraction of sp³-hybridized carbons (Fsp3) is 0.300. The van der Waals surface area contributed by atoms with Crippen LogP contribution in [0.5, 0.6) is 0 Å². The van der Waals surface area contributed by atoms with Crippen LogP contribution in [0.25, 0.3) is 0 Å². The van der Waals surface area contributed by atoms with Gasteiger partial charge in [0.2, 0.25) is 15.9 Å². The molecule has 1 unspecified atom stereocenters. The molecule has 3 N–H and O–H groups in total. The number of benzene rings is 2. The van der Waals surface area contributed by atoms with Crippen LogP contribution in [0.2, 0.25) is 10.0 Å². The number of carboxylic acid groups (broad SMARTS) is 1. The number of aromatic nitrogens is 1. The van der Waals surface area contributed by atoms with Crippen molar-refractivity contribution in [1.29, 1.82) is 5.26 Å². The quantitative estimate of drug-likeness (QED) is 0.286. The molecule has 246 valence electrons. The lowest BCUT2D eigenvalue weighted by molar-refractivity contribution is -0.144. The van der Waals surface area contributed by atoms with Crippen LogP contribution < -0.4 is 10.6 Å². The molecule has 5 rings (SSSR count). The number of halogens is 4. The molecule has 12 nitrogen and oxygen atoms in total. The van der Waals surface area contributed by atoms with Gasteiger partial charge in [-0.25, -0.2) is 22.0 Å². The van der Waals surface area contributed by atoms with Crippen LogP contribution >= 0.6 is 23.2 Å². The lowest BCUT2D eigenvalue weighted by Gasteiger charge is -2.42. The normalized spacial score (nSPS) is 20.1. The van der Waals surface area contributed by atoms with Gasteiger partial charge in [0.1, 0.15) is 12.1 Å². The molecule has 2 aliphatic rings. The van der Waals surface area contributed by atoms with Crippen LogP contribution in [0, 0.1) is 11.3 Å². The first-order valence-electron chi connectivity index (χ1n) is 14.0. The molecular formula is C30H26Cl2F2N6O6S. The molecule has 2 amide bonds. The summed E-state index contributed by atoms with van der Waals surface area (Å²) in [5.41, 5.74) is 0.882. The van der Waals surface area contributed by atoms with E-state index in [4.69, 9.17) is 23.2 Å². The topological polar surface area (TPSA) is 173 Å². The second-order valence-corrected chi connectivity index (χ2v) is 13.8. The van der Waals surface area contributed by atoms with Crippen LogP contribution in [0.15, 0.2) is 65.8 Å². The monoisotopic (exact) mass is 706 g/mol. The first-order chi connectivity index (χ1) is 22.2. The van der Waals surface area contributed by atoms with Crippen molar-refractivity contribution in [3.8, 4) is 6.07 Å². The minimum Gasteiger partial charge on any atom is -0.480 e. The van der Waals surface area contributed by atoms with Crippen molar-refractivity contribution in [2.45, 2.75) is 41.8 Å². The minimum absolute atomic E-state index is 0.0202. The maximum absolute atomic E-state index is 13.7. The van der Waals surface area contributed by atoms with Crippen LogP contribution in [-0.4, -0.2) is 89.2 Å². The number of carboxylic acids is 1. The molecule has 2 saturated heterocycles. The molecule has 2 fully saturated rings. The molecule has 0 spiro atoms. The summed E-state index contributed by atoms with van der Waals surface area (Å²) in [6.07, 6.45) is 2.18. The number of amides is 2. The number of likely N-dealkylation sites (tertiary alicyclic amines) is 1. The average molecular weight is 708 g/mol. The van der Waals surface area contributed by atoms with E-state index in [9.17, 15) is 42.0 Å². The van der Waals surface area contributed by atoms with E-state index in [1.54, 1.807) is 0 Å². The number of hydrogen-bond acceptors (Lipinski definition) is 8. The van der Waals surface area contributed by atoms with Crippen molar-refractivity contribution in [1.82, 2.24) is 19.5 Å². The van der Waals surface area contributed by atoms with Crippen LogP contribution in [0.4, 0.5) is 14.5 Å². The molecule has 0 aliphatic carbocycles. The lowest BCUT2D eigenvalue weighted by atomic mass is 10.0. The van der Waals surface area contributed by atoms with Gasteiger partial charge in [-0.3, -0.25) is 19.5 Å². The zero-order valence-electron chi connectivity index (χ0n) is 24.2. The Hall–Kier alpha value is -4.20. The van der Waals surface area contributed by atoms with E-state index in [1.165, 1.54) is 59.8 Å². The average Bonchev–Trinajstić information content (AvgIpc) is 3.47. The molecule has 1 aromatic heterocycles. The molecule has 3 aromatic rings. The smallest absolute Gasteiger partial charge is 0.326 e. The van der Waals surface area contributed by atoms with Crippen molar-refractivity contribution >= 4 is 56.7 Å². The van der Waals surface area contributed by atoms with Crippen molar-refractivity contribution in [2.75, 3.05) is 25.0 Å². The molecule has 0 bridgehead atoms. The number of hydrogen-bond donors (Lipinski definition) is 3. The fourth-order valence-electron chi connectivity index (χ4n) is 5.47. The second-order valence-electron chi connectivity index (χ2n) is 11.1. The third-order valence-corrected chi connectivity index (χ3v) is 10.3. The van der Waals surface area contributed by atoms with E-state index < -0.39 is 64.9 Å². The van der Waals surface area contributed by atoms with E-state index in [0.29, 0.717) is 11.3 Å². The van der Waals surface area contributed by atoms with Gasteiger partial charge in [0.05, 0.1) is 45.2 Å². The molecule has 3 heterocycles. The summed E-state index contributed by atoms with van der Waals surface area (Å²) < 4.78 is 55.5. The summed E-state index contributed by atoms with van der Waals surface area (Å²) in [4.78, 5) is 43.3. The third kappa shape index (κ3) is 7.53. The van der Waals surface area contributed by atoms with Gasteiger partial charge < -0.3 is 15.7 Å². The first kappa shape index (κ1) is 34.1. The summed E-state index contributed by atoms with van der Waals surface area (Å²) in [7, 11) is -4.39. The van der Waals surface area contributed by atoms with Gasteiger partial charge in [-0.2, -0.15) is 9.57 Å². The molecule has 47 heavy (non-hydrogen) atoms. The zero-order valence-corrected chi connectivity index (χ0v) is 26.6. The van der Waals surface area contributed by atoms with Crippen molar-refractivity contribution < 1.29 is 36.7 Å². The molecule has 0 radical (unpaired) electrons. The van der Waals surface area contributed by atoms with Gasteiger partial charge in [0, 0.05) is 37.1 Å². The summed E-state index contributed by atoms with van der Waals surface area (Å²) in [5, 5.41) is 24.3. The maximum atomic E-state index is 13.7. The Kier molecular flexibility index (Phi) is 9.81. The van der Waals surface area contributed by atoms with Gasteiger partial charge in [0.25, 0.3) is 11.8 Å².